The van der Waals surface area contributed by atoms with Crippen LogP contribution >= 0.6 is 31.9 Å². The molecule has 100 valence electrons. The Labute approximate surface area is 127 Å². The van der Waals surface area contributed by atoms with Crippen LogP contribution in [-0.2, 0) is 11.2 Å². The molecule has 0 aromatic heterocycles. The summed E-state index contributed by atoms with van der Waals surface area (Å²) in [6.07, 6.45) is 0.741. The van der Waals surface area contributed by atoms with Gasteiger partial charge in [0, 0.05) is 9.89 Å². The first-order chi connectivity index (χ1) is 8.12. The fourth-order valence-electron chi connectivity index (χ4n) is 1.92. The largest absolute Gasteiger partial charge is 0.298 e. The van der Waals surface area contributed by atoms with E-state index in [9.17, 15) is 4.79 Å². The number of alkyl halides is 1. The van der Waals surface area contributed by atoms with Gasteiger partial charge in [0.05, 0.1) is 4.83 Å². The standard InChI is InChI=1S/C15H20Br2O/c1-9-6-11(7-10(2)13(9)17)8-12(16)14(18)15(3,4)5/h6-7,12H,8H2,1-5H3. The van der Waals surface area contributed by atoms with Crippen molar-refractivity contribution in [2.75, 3.05) is 0 Å². The van der Waals surface area contributed by atoms with Gasteiger partial charge in [-0.15, -0.1) is 0 Å². The van der Waals surface area contributed by atoms with E-state index in [4.69, 9.17) is 0 Å². The van der Waals surface area contributed by atoms with Gasteiger partial charge >= 0.3 is 0 Å². The van der Waals surface area contributed by atoms with Gasteiger partial charge in [-0.1, -0.05) is 64.8 Å². The van der Waals surface area contributed by atoms with E-state index in [2.05, 4.69) is 57.8 Å². The lowest BCUT2D eigenvalue weighted by atomic mass is 9.87. The number of carbonyl (C=O) groups is 1. The number of aryl methyl sites for hydroxylation is 2. The summed E-state index contributed by atoms with van der Waals surface area (Å²) in [6.45, 7) is 10.0. The second kappa shape index (κ2) is 5.87. The minimum atomic E-state index is -0.298. The van der Waals surface area contributed by atoms with E-state index < -0.39 is 0 Å². The third-order valence-corrected chi connectivity index (χ3v) is 4.93. The summed E-state index contributed by atoms with van der Waals surface area (Å²) in [4.78, 5) is 12.0. The molecule has 0 saturated carbocycles. The molecule has 1 atom stereocenters. The van der Waals surface area contributed by atoms with Crippen molar-refractivity contribution in [3.8, 4) is 0 Å². The fraction of sp³-hybridized carbons (Fsp3) is 0.533. The molecule has 0 fully saturated rings. The summed E-state index contributed by atoms with van der Waals surface area (Å²) in [6, 6.07) is 4.28. The van der Waals surface area contributed by atoms with Crippen molar-refractivity contribution in [3.05, 3.63) is 33.3 Å². The van der Waals surface area contributed by atoms with Gasteiger partial charge in [-0.2, -0.15) is 0 Å². The second-order valence-corrected chi connectivity index (χ2v) is 7.73. The number of benzene rings is 1. The van der Waals surface area contributed by atoms with Crippen molar-refractivity contribution < 1.29 is 4.79 Å². The Bertz CT molecular complexity index is 435. The average Bonchev–Trinajstić information content (AvgIpc) is 2.23. The summed E-state index contributed by atoms with van der Waals surface area (Å²) in [5, 5.41) is 0. The third-order valence-electron chi connectivity index (χ3n) is 2.93. The van der Waals surface area contributed by atoms with Crippen LogP contribution in [-0.4, -0.2) is 10.6 Å². The Hall–Kier alpha value is -0.150. The average molecular weight is 376 g/mol. The zero-order valence-corrected chi connectivity index (χ0v) is 14.8. The number of halogens is 2. The highest BCUT2D eigenvalue weighted by Gasteiger charge is 2.27. The predicted molar refractivity (Wildman–Crippen MR) is 84.5 cm³/mol. The van der Waals surface area contributed by atoms with Gasteiger partial charge in [0.1, 0.15) is 0 Å². The lowest BCUT2D eigenvalue weighted by Crippen LogP contribution is -2.30. The van der Waals surface area contributed by atoms with Crippen LogP contribution < -0.4 is 0 Å². The normalized spacial score (nSPS) is 13.5. The Morgan fingerprint density at radius 3 is 2.06 bits per heavy atom. The topological polar surface area (TPSA) is 17.1 Å². The lowest BCUT2D eigenvalue weighted by Gasteiger charge is -2.21. The van der Waals surface area contributed by atoms with Gasteiger partial charge in [0.2, 0.25) is 0 Å². The third kappa shape index (κ3) is 3.92. The molecule has 0 spiro atoms. The summed E-state index contributed by atoms with van der Waals surface area (Å²) in [5.41, 5.74) is 3.33. The Kier molecular flexibility index (Phi) is 5.19. The molecule has 0 aliphatic rings. The zero-order valence-electron chi connectivity index (χ0n) is 11.6. The summed E-state index contributed by atoms with van der Waals surface area (Å²) >= 11 is 7.08. The number of hydrogen-bond acceptors (Lipinski definition) is 1. The molecule has 18 heavy (non-hydrogen) atoms. The highest BCUT2D eigenvalue weighted by atomic mass is 79.9. The van der Waals surface area contributed by atoms with E-state index in [0.29, 0.717) is 0 Å². The van der Waals surface area contributed by atoms with Gasteiger partial charge in [0.25, 0.3) is 0 Å². The maximum Gasteiger partial charge on any atom is 0.152 e. The van der Waals surface area contributed by atoms with Crippen LogP contribution in [0.15, 0.2) is 16.6 Å². The highest BCUT2D eigenvalue weighted by Crippen LogP contribution is 2.26. The smallest absolute Gasteiger partial charge is 0.152 e. The molecule has 3 heteroatoms. The van der Waals surface area contributed by atoms with Crippen molar-refractivity contribution in [1.29, 1.82) is 0 Å². The number of Topliss-reactive ketones (excluding diaryl/α,β-unsaturated/α-hetero) is 1. The van der Waals surface area contributed by atoms with E-state index in [1.165, 1.54) is 16.7 Å². The lowest BCUT2D eigenvalue weighted by molar-refractivity contribution is -0.125. The molecule has 0 aliphatic carbocycles. The van der Waals surface area contributed by atoms with Gasteiger partial charge < -0.3 is 0 Å². The van der Waals surface area contributed by atoms with Crippen LogP contribution in [0.2, 0.25) is 0 Å². The van der Waals surface area contributed by atoms with Gasteiger partial charge in [-0.05, 0) is 37.0 Å². The molecule has 1 aromatic carbocycles. The second-order valence-electron chi connectivity index (χ2n) is 5.83. The maximum atomic E-state index is 12.1. The maximum absolute atomic E-state index is 12.1. The number of rotatable bonds is 3. The van der Waals surface area contributed by atoms with E-state index in [1.54, 1.807) is 0 Å². The first-order valence-electron chi connectivity index (χ1n) is 6.07. The molecule has 1 aromatic rings. The molecule has 1 nitrogen and oxygen atoms in total. The van der Waals surface area contributed by atoms with Crippen LogP contribution in [0.4, 0.5) is 0 Å². The molecule has 0 N–H and O–H groups in total. The SMILES string of the molecule is Cc1cc(CC(Br)C(=O)C(C)(C)C)cc(C)c1Br. The first-order valence-corrected chi connectivity index (χ1v) is 7.78. The quantitative estimate of drug-likeness (QED) is 0.680. The summed E-state index contributed by atoms with van der Waals surface area (Å²) in [5.74, 6) is 0.251. The van der Waals surface area contributed by atoms with Crippen molar-refractivity contribution in [1.82, 2.24) is 0 Å². The molecule has 1 unspecified atom stereocenters. The van der Waals surface area contributed by atoms with Gasteiger partial charge in [0.15, 0.2) is 5.78 Å². The number of hydrogen-bond donors (Lipinski definition) is 0. The minimum absolute atomic E-state index is 0.113. The van der Waals surface area contributed by atoms with E-state index in [1.807, 2.05) is 20.8 Å². The molecule has 0 heterocycles. The summed E-state index contributed by atoms with van der Waals surface area (Å²) in [7, 11) is 0. The van der Waals surface area contributed by atoms with Crippen molar-refractivity contribution >= 4 is 37.6 Å². The van der Waals surface area contributed by atoms with E-state index >= 15 is 0 Å². The number of ketones is 1. The molecular weight excluding hydrogens is 356 g/mol. The minimum Gasteiger partial charge on any atom is -0.298 e. The molecule has 0 saturated heterocycles. The predicted octanol–water partition coefficient (Wildman–Crippen LogP) is 4.99. The Morgan fingerprint density at radius 1 is 1.22 bits per heavy atom. The van der Waals surface area contributed by atoms with Crippen molar-refractivity contribution in [2.24, 2.45) is 5.41 Å². The van der Waals surface area contributed by atoms with E-state index in [-0.39, 0.29) is 16.0 Å². The van der Waals surface area contributed by atoms with Crippen molar-refractivity contribution in [2.45, 2.75) is 45.9 Å². The molecule has 0 aliphatic heterocycles. The van der Waals surface area contributed by atoms with Crippen LogP contribution in [0.25, 0.3) is 0 Å². The molecule has 0 radical (unpaired) electrons. The van der Waals surface area contributed by atoms with E-state index in [0.717, 1.165) is 10.9 Å². The van der Waals surface area contributed by atoms with Crippen LogP contribution in [0.5, 0.6) is 0 Å². The van der Waals surface area contributed by atoms with Gasteiger partial charge in [-0.3, -0.25) is 4.79 Å². The van der Waals surface area contributed by atoms with Crippen LogP contribution in [0.1, 0.15) is 37.5 Å². The monoisotopic (exact) mass is 374 g/mol. The Morgan fingerprint density at radius 2 is 1.67 bits per heavy atom. The molecular formula is C15H20Br2O. The zero-order chi connectivity index (χ0) is 14.1. The molecule has 0 bridgehead atoms. The van der Waals surface area contributed by atoms with Crippen LogP contribution in [0, 0.1) is 19.3 Å². The van der Waals surface area contributed by atoms with Crippen molar-refractivity contribution in [3.63, 3.8) is 0 Å². The summed E-state index contributed by atoms with van der Waals surface area (Å²) < 4.78 is 1.15. The highest BCUT2D eigenvalue weighted by molar-refractivity contribution is 9.10. The van der Waals surface area contributed by atoms with Gasteiger partial charge in [-0.25, -0.2) is 0 Å². The van der Waals surface area contributed by atoms with Crippen LogP contribution in [0.3, 0.4) is 0 Å². The fourth-order valence-corrected chi connectivity index (χ4v) is 3.21. The molecule has 0 amide bonds. The number of carbonyl (C=O) groups excluding carboxylic acids is 1. The Balaban J connectivity index is 2.89. The first kappa shape index (κ1) is 15.9. The molecule has 1 rings (SSSR count).